The number of fused-ring (bicyclic) bond motifs is 1. The molecule has 0 amide bonds. The van der Waals surface area contributed by atoms with E-state index in [-0.39, 0.29) is 27.3 Å². The minimum atomic E-state index is -1.54. The molecule has 0 spiro atoms. The summed E-state index contributed by atoms with van der Waals surface area (Å²) in [5.41, 5.74) is 5.24. The molecule has 100 valence electrons. The molecule has 0 fully saturated rings. The minimum Gasteiger partial charge on any atom is -0.332 e. The summed E-state index contributed by atoms with van der Waals surface area (Å²) in [5.74, 6) is 0. The number of rotatable bonds is 2. The molecule has 0 aliphatic heterocycles. The first-order valence-electron chi connectivity index (χ1n) is 6.77. The summed E-state index contributed by atoms with van der Waals surface area (Å²) in [6, 6.07) is 8.84. The van der Waals surface area contributed by atoms with E-state index in [2.05, 4.69) is 76.1 Å². The molecule has 3 heteroatoms. The Bertz CT molecular complexity index is 486. The molecule has 1 unspecified atom stereocenters. The van der Waals surface area contributed by atoms with Crippen LogP contribution in [0.1, 0.15) is 44.4 Å². The van der Waals surface area contributed by atoms with E-state index in [0.717, 1.165) is 0 Å². The van der Waals surface area contributed by atoms with E-state index in [1.165, 1.54) is 16.7 Å². The van der Waals surface area contributed by atoms with E-state index in [9.17, 15) is 0 Å². The van der Waals surface area contributed by atoms with Gasteiger partial charge in [-0.3, -0.25) is 0 Å². The van der Waals surface area contributed by atoms with Gasteiger partial charge in [-0.25, -0.2) is 0 Å². The van der Waals surface area contributed by atoms with E-state index in [0.29, 0.717) is 5.54 Å². The van der Waals surface area contributed by atoms with Gasteiger partial charge in [0.15, 0.2) is 0 Å². The number of hydrogen-bond acceptors (Lipinski definition) is 1. The molecule has 0 saturated carbocycles. The smallest absolute Gasteiger partial charge is 0.332 e. The maximum atomic E-state index is 3.91. The van der Waals surface area contributed by atoms with Crippen LogP contribution >= 0.6 is 0 Å². The molecule has 0 saturated heterocycles. The van der Waals surface area contributed by atoms with Crippen molar-refractivity contribution in [1.82, 2.24) is 4.98 Å². The normalized spacial score (nSPS) is 18.6. The van der Waals surface area contributed by atoms with Crippen molar-refractivity contribution in [3.8, 4) is 0 Å². The van der Waals surface area contributed by atoms with E-state index in [4.69, 9.17) is 0 Å². The fourth-order valence-electron chi connectivity index (χ4n) is 3.48. The van der Waals surface area contributed by atoms with Crippen LogP contribution < -0.4 is 4.98 Å². The fourth-order valence-corrected chi connectivity index (χ4v) is 7.82. The van der Waals surface area contributed by atoms with Crippen LogP contribution in [0.3, 0.4) is 0 Å². The first-order valence-corrected chi connectivity index (χ1v) is 9.85. The Hall–Kier alpha value is -0.149. The van der Waals surface area contributed by atoms with Crippen LogP contribution in [0.5, 0.6) is 0 Å². The molecule has 1 N–H and O–H groups in total. The van der Waals surface area contributed by atoms with Gasteiger partial charge in [-0.15, -0.1) is 0 Å². The van der Waals surface area contributed by atoms with Crippen molar-refractivity contribution in [2.24, 2.45) is 0 Å². The van der Waals surface area contributed by atoms with Crippen LogP contribution in [0.4, 0.5) is 0 Å². The van der Waals surface area contributed by atoms with Gasteiger partial charge in [-0.2, -0.15) is 0 Å². The zero-order valence-electron chi connectivity index (χ0n) is 13.0. The average Bonchev–Trinajstić information content (AvgIpc) is 2.49. The number of nitrogens with one attached hydrogen (secondary N) is 1. The Kier molecular flexibility index (Phi) is 5.06. The molecular formula is C16H25NSiTi+2. The molecule has 0 aromatic heterocycles. The predicted molar refractivity (Wildman–Crippen MR) is 83.2 cm³/mol. The largest absolute Gasteiger partial charge is 2.00 e. The van der Waals surface area contributed by atoms with Crippen molar-refractivity contribution < 1.29 is 21.7 Å². The Morgan fingerprint density at radius 2 is 1.68 bits per heavy atom. The second-order valence-corrected chi connectivity index (χ2v) is 11.3. The predicted octanol–water partition coefficient (Wildman–Crippen LogP) is 4.32. The molecule has 19 heavy (non-hydrogen) atoms. The number of allylic oxidation sites excluding steroid dienone is 1. The Morgan fingerprint density at radius 1 is 1.11 bits per heavy atom. The average molecular weight is 307 g/mol. The summed E-state index contributed by atoms with van der Waals surface area (Å²) in [7, 11) is -1.54. The molecule has 0 radical (unpaired) electrons. The maximum absolute atomic E-state index is 3.91. The Labute approximate surface area is 133 Å². The molecule has 1 aliphatic rings. The molecular weight excluding hydrogens is 282 g/mol. The minimum absolute atomic E-state index is 0. The topological polar surface area (TPSA) is 12.0 Å². The summed E-state index contributed by atoms with van der Waals surface area (Å²) in [4.78, 5) is 3.91. The molecule has 2 rings (SSSR count). The van der Waals surface area contributed by atoms with Gasteiger partial charge in [-0.1, -0.05) is 49.0 Å². The van der Waals surface area contributed by atoms with Crippen LogP contribution in [0.25, 0.3) is 6.08 Å². The summed E-state index contributed by atoms with van der Waals surface area (Å²) in [6.07, 6.45) is 2.36. The third-order valence-electron chi connectivity index (χ3n) is 3.56. The summed E-state index contributed by atoms with van der Waals surface area (Å²) >= 11 is 0. The van der Waals surface area contributed by atoms with Gasteiger partial charge in [0, 0.05) is 11.1 Å². The second-order valence-electron chi connectivity index (χ2n) is 7.05. The summed E-state index contributed by atoms with van der Waals surface area (Å²) < 4.78 is 0. The van der Waals surface area contributed by atoms with Crippen molar-refractivity contribution in [3.05, 3.63) is 41.0 Å². The second kappa shape index (κ2) is 5.69. The molecule has 0 bridgehead atoms. The van der Waals surface area contributed by atoms with Crippen LogP contribution in [-0.4, -0.2) is 13.8 Å². The van der Waals surface area contributed by atoms with Crippen molar-refractivity contribution in [1.29, 1.82) is 0 Å². The van der Waals surface area contributed by atoms with Crippen LogP contribution in [0.15, 0.2) is 29.8 Å². The van der Waals surface area contributed by atoms with Gasteiger partial charge in [0.1, 0.15) is 8.24 Å². The van der Waals surface area contributed by atoms with Crippen LogP contribution in [-0.2, 0) is 21.7 Å². The Morgan fingerprint density at radius 3 is 2.26 bits per heavy atom. The van der Waals surface area contributed by atoms with E-state index in [1.54, 1.807) is 0 Å². The van der Waals surface area contributed by atoms with Crippen LogP contribution in [0, 0.1) is 0 Å². The quantitative estimate of drug-likeness (QED) is 0.803. The monoisotopic (exact) mass is 307 g/mol. The third kappa shape index (κ3) is 3.69. The molecule has 1 atom stereocenters. The van der Waals surface area contributed by atoms with Crippen molar-refractivity contribution in [3.63, 3.8) is 0 Å². The van der Waals surface area contributed by atoms with E-state index >= 15 is 0 Å². The van der Waals surface area contributed by atoms with Gasteiger partial charge in [0.05, 0.1) is 0 Å². The first kappa shape index (κ1) is 16.9. The number of benzene rings is 1. The SMILES string of the molecule is CC1=Cc2ccccc2C1[Si](C)(C)NC(C)(C)C.[Ti+2]. The third-order valence-corrected chi connectivity index (χ3v) is 7.17. The van der Waals surface area contributed by atoms with Gasteiger partial charge >= 0.3 is 21.7 Å². The van der Waals surface area contributed by atoms with E-state index < -0.39 is 8.24 Å². The summed E-state index contributed by atoms with van der Waals surface area (Å²) in [6.45, 7) is 14.0. The van der Waals surface area contributed by atoms with Gasteiger partial charge < -0.3 is 4.98 Å². The Balaban J connectivity index is 0.00000180. The van der Waals surface area contributed by atoms with Crippen molar-refractivity contribution >= 4 is 14.3 Å². The summed E-state index contributed by atoms with van der Waals surface area (Å²) in [5, 5.41) is 0. The van der Waals surface area contributed by atoms with E-state index in [1.807, 2.05) is 0 Å². The van der Waals surface area contributed by atoms with Crippen molar-refractivity contribution in [2.45, 2.75) is 51.9 Å². The first-order chi connectivity index (χ1) is 8.21. The maximum Gasteiger partial charge on any atom is 2.00 e. The molecule has 1 nitrogen and oxygen atoms in total. The van der Waals surface area contributed by atoms with Crippen molar-refractivity contribution in [2.75, 3.05) is 0 Å². The zero-order chi connectivity index (χ0) is 13.6. The van der Waals surface area contributed by atoms with Crippen LogP contribution in [0.2, 0.25) is 13.1 Å². The molecule has 0 heterocycles. The fraction of sp³-hybridized carbons (Fsp3) is 0.500. The standard InChI is InChI=1S/C16H25NSi.Ti/c1-12-11-13-9-7-8-10-14(13)15(12)18(5,6)17-16(2,3)4;/h7-11,15,17H,1-6H3;/q;+2. The van der Waals surface area contributed by atoms with Gasteiger partial charge in [-0.05, 0) is 38.8 Å². The van der Waals surface area contributed by atoms with Gasteiger partial charge in [0.2, 0.25) is 0 Å². The number of hydrogen-bond donors (Lipinski definition) is 1. The zero-order valence-corrected chi connectivity index (χ0v) is 15.5. The van der Waals surface area contributed by atoms with Gasteiger partial charge in [0.25, 0.3) is 0 Å². The molecule has 1 aromatic carbocycles. The molecule has 1 aromatic rings. The molecule has 1 aliphatic carbocycles.